The molecule has 1 rings (SSSR count). The maximum Gasteiger partial charge on any atom is 0.364 e. The molecule has 5 nitrogen and oxygen atoms in total. The van der Waals surface area contributed by atoms with E-state index in [0.717, 1.165) is 0 Å². The third kappa shape index (κ3) is 8.28. The number of benzene rings is 1. The molecule has 0 spiro atoms. The first-order valence-corrected chi connectivity index (χ1v) is 7.47. The van der Waals surface area contributed by atoms with Crippen molar-refractivity contribution in [3.8, 4) is 17.6 Å². The minimum atomic E-state index is -1.29. The van der Waals surface area contributed by atoms with Crippen molar-refractivity contribution in [2.45, 2.75) is 5.56 Å². The van der Waals surface area contributed by atoms with E-state index in [1.807, 2.05) is 0 Å². The van der Waals surface area contributed by atoms with Gasteiger partial charge in [-0.15, -0.1) is 0 Å². The van der Waals surface area contributed by atoms with Crippen LogP contribution in [0.5, 0.6) is 5.75 Å². The van der Waals surface area contributed by atoms with Crippen molar-refractivity contribution in [2.24, 2.45) is 0 Å². The maximum absolute atomic E-state index is 11.6. The number of alkyl halides is 1. The Kier molecular flexibility index (Phi) is 9.13. The predicted molar refractivity (Wildman–Crippen MR) is 90.8 cm³/mol. The van der Waals surface area contributed by atoms with Crippen LogP contribution in [0.15, 0.2) is 48.6 Å². The van der Waals surface area contributed by atoms with Gasteiger partial charge in [0.15, 0.2) is 6.61 Å². The molecule has 0 aromatic heterocycles. The number of esters is 2. The Morgan fingerprint density at radius 2 is 1.96 bits per heavy atom. The molecule has 0 amide bonds. The Hall–Kier alpha value is -2.42. The van der Waals surface area contributed by atoms with Crippen molar-refractivity contribution in [3.05, 3.63) is 53.6 Å². The first-order valence-electron chi connectivity index (χ1n) is 6.65. The van der Waals surface area contributed by atoms with Crippen LogP contribution in [0.25, 0.3) is 0 Å². The van der Waals surface area contributed by atoms with Gasteiger partial charge < -0.3 is 14.2 Å². The molecule has 0 fully saturated rings. The summed E-state index contributed by atoms with van der Waals surface area (Å²) in [7, 11) is 1.28. The van der Waals surface area contributed by atoms with E-state index in [-0.39, 0.29) is 6.61 Å². The van der Waals surface area contributed by atoms with Crippen molar-refractivity contribution in [1.82, 2.24) is 0 Å². The van der Waals surface area contributed by atoms with Crippen LogP contribution in [0, 0.1) is 11.8 Å². The van der Waals surface area contributed by atoms with Crippen molar-refractivity contribution >= 4 is 35.1 Å². The van der Waals surface area contributed by atoms with E-state index in [9.17, 15) is 9.59 Å². The summed E-state index contributed by atoms with van der Waals surface area (Å²) in [4.78, 5) is 22.4. The summed E-state index contributed by atoms with van der Waals surface area (Å²) >= 11 is 11.5. The highest BCUT2D eigenvalue weighted by atomic mass is 35.5. The zero-order valence-corrected chi connectivity index (χ0v) is 14.2. The van der Waals surface area contributed by atoms with Gasteiger partial charge in [0.05, 0.1) is 7.11 Å². The molecule has 1 aromatic carbocycles. The molecule has 0 N–H and O–H groups in total. The van der Waals surface area contributed by atoms with E-state index < -0.39 is 17.5 Å². The van der Waals surface area contributed by atoms with E-state index in [2.05, 4.69) is 16.6 Å². The lowest BCUT2D eigenvalue weighted by Crippen LogP contribution is -2.23. The van der Waals surface area contributed by atoms with Gasteiger partial charge in [0.25, 0.3) is 5.56 Å². The smallest absolute Gasteiger partial charge is 0.364 e. The molecule has 0 saturated carbocycles. The maximum atomic E-state index is 11.6. The molecule has 7 heteroatoms. The zero-order valence-electron chi connectivity index (χ0n) is 12.7. The number of rotatable bonds is 6. The molecular formula is C17H14Cl2O5. The monoisotopic (exact) mass is 368 g/mol. The van der Waals surface area contributed by atoms with Gasteiger partial charge in [-0.3, -0.25) is 0 Å². The fourth-order valence-electron chi connectivity index (χ4n) is 1.26. The number of hydrogen-bond donors (Lipinski definition) is 0. The molecule has 1 aromatic rings. The fourth-order valence-corrected chi connectivity index (χ4v) is 1.55. The summed E-state index contributed by atoms with van der Waals surface area (Å²) in [5, 5.41) is 0.542. The van der Waals surface area contributed by atoms with Gasteiger partial charge in [0.1, 0.15) is 5.75 Å². The number of ether oxygens (including phenoxy) is 3. The standard InChI is InChI=1S/C17H14Cl2O5/c1-22-15(20)7-5-3-2-4-6-12-23-17(21)16(19)24-14-10-8-13(18)9-11-14/h2-3,5,7-11,16H,12H2,1H3. The molecule has 126 valence electrons. The van der Waals surface area contributed by atoms with Crippen LogP contribution in [0.1, 0.15) is 0 Å². The number of allylic oxidation sites excluding steroid dienone is 3. The third-order valence-corrected chi connectivity index (χ3v) is 2.87. The fraction of sp³-hybridized carbons (Fsp3) is 0.176. The Bertz CT molecular complexity index is 668. The molecule has 0 aliphatic rings. The van der Waals surface area contributed by atoms with Crippen molar-refractivity contribution in [3.63, 3.8) is 0 Å². The van der Waals surface area contributed by atoms with Crippen molar-refractivity contribution in [2.75, 3.05) is 13.7 Å². The summed E-state index contributed by atoms with van der Waals surface area (Å²) in [6.45, 7) is -0.142. The van der Waals surface area contributed by atoms with Crippen LogP contribution < -0.4 is 4.74 Å². The van der Waals surface area contributed by atoms with Gasteiger partial charge in [-0.2, -0.15) is 0 Å². The van der Waals surface area contributed by atoms with Crippen LogP contribution in [0.3, 0.4) is 0 Å². The van der Waals surface area contributed by atoms with E-state index in [1.54, 1.807) is 30.3 Å². The minimum absolute atomic E-state index is 0.142. The van der Waals surface area contributed by atoms with Crippen molar-refractivity contribution in [1.29, 1.82) is 0 Å². The molecule has 0 heterocycles. The summed E-state index contributed by atoms with van der Waals surface area (Å²) in [6.07, 6.45) is 5.74. The zero-order chi connectivity index (χ0) is 17.8. The number of carbonyl (C=O) groups excluding carboxylic acids is 2. The van der Waals surface area contributed by atoms with Gasteiger partial charge in [0, 0.05) is 11.1 Å². The average molecular weight is 369 g/mol. The quantitative estimate of drug-likeness (QED) is 0.254. The summed E-state index contributed by atoms with van der Waals surface area (Å²) in [5.41, 5.74) is -1.29. The van der Waals surface area contributed by atoms with Crippen LogP contribution in [-0.4, -0.2) is 31.2 Å². The molecule has 1 atom stereocenters. The van der Waals surface area contributed by atoms with Crippen LogP contribution in [-0.2, 0) is 19.1 Å². The predicted octanol–water partition coefficient (Wildman–Crippen LogP) is 3.12. The van der Waals surface area contributed by atoms with E-state index >= 15 is 0 Å². The minimum Gasteiger partial charge on any atom is -0.466 e. The molecule has 24 heavy (non-hydrogen) atoms. The van der Waals surface area contributed by atoms with E-state index in [0.29, 0.717) is 10.8 Å². The molecular weight excluding hydrogens is 355 g/mol. The van der Waals surface area contributed by atoms with E-state index in [4.69, 9.17) is 32.7 Å². The van der Waals surface area contributed by atoms with Gasteiger partial charge in [-0.1, -0.05) is 47.2 Å². The third-order valence-electron chi connectivity index (χ3n) is 2.35. The summed E-state index contributed by atoms with van der Waals surface area (Å²) < 4.78 is 14.4. The molecule has 0 radical (unpaired) electrons. The second kappa shape index (κ2) is 11.2. The topological polar surface area (TPSA) is 61.8 Å². The van der Waals surface area contributed by atoms with Crippen LogP contribution >= 0.6 is 23.2 Å². The largest absolute Gasteiger partial charge is 0.466 e. The first kappa shape index (κ1) is 19.6. The number of hydrogen-bond acceptors (Lipinski definition) is 5. The SMILES string of the molecule is COC(=O)C=CC=CC#CCOC(=O)C(Cl)Oc1ccc(Cl)cc1. The second-order valence-electron chi connectivity index (χ2n) is 4.06. The van der Waals surface area contributed by atoms with Crippen LogP contribution in [0.2, 0.25) is 5.02 Å². The number of halogens is 2. The van der Waals surface area contributed by atoms with Gasteiger partial charge in [-0.25, -0.2) is 9.59 Å². The molecule has 0 aliphatic carbocycles. The highest BCUT2D eigenvalue weighted by molar-refractivity contribution is 6.30. The Labute approximate surface area is 149 Å². The Morgan fingerprint density at radius 1 is 1.25 bits per heavy atom. The highest BCUT2D eigenvalue weighted by Crippen LogP contribution is 2.18. The van der Waals surface area contributed by atoms with Crippen LogP contribution in [0.4, 0.5) is 0 Å². The highest BCUT2D eigenvalue weighted by Gasteiger charge is 2.18. The van der Waals surface area contributed by atoms with Gasteiger partial charge in [-0.05, 0) is 30.3 Å². The summed E-state index contributed by atoms with van der Waals surface area (Å²) in [5.74, 6) is 4.38. The lowest BCUT2D eigenvalue weighted by Gasteiger charge is -2.10. The Balaban J connectivity index is 2.32. The normalized spacial score (nSPS) is 11.6. The molecule has 0 aliphatic heterocycles. The first-order chi connectivity index (χ1) is 11.5. The van der Waals surface area contributed by atoms with Gasteiger partial charge in [0.2, 0.25) is 0 Å². The van der Waals surface area contributed by atoms with Gasteiger partial charge >= 0.3 is 11.9 Å². The number of methoxy groups -OCH3 is 1. The second-order valence-corrected chi connectivity index (χ2v) is 4.89. The lowest BCUT2D eigenvalue weighted by atomic mass is 10.3. The van der Waals surface area contributed by atoms with Crippen molar-refractivity contribution < 1.29 is 23.8 Å². The van der Waals surface area contributed by atoms with E-state index in [1.165, 1.54) is 25.3 Å². The lowest BCUT2D eigenvalue weighted by molar-refractivity contribution is -0.146. The molecule has 1 unspecified atom stereocenters. The number of carbonyl (C=O) groups is 2. The Morgan fingerprint density at radius 3 is 2.62 bits per heavy atom. The summed E-state index contributed by atoms with van der Waals surface area (Å²) in [6, 6.07) is 6.38. The average Bonchev–Trinajstić information content (AvgIpc) is 2.58. The molecule has 0 saturated heterocycles. The molecule has 0 bridgehead atoms.